The van der Waals surface area contributed by atoms with Crippen molar-refractivity contribution in [3.05, 3.63) is 158 Å². The maximum atomic E-state index is 13.0. The molecule has 101 heavy (non-hydrogen) atoms. The van der Waals surface area contributed by atoms with Gasteiger partial charge in [0.2, 0.25) is 0 Å². The second-order valence-corrected chi connectivity index (χ2v) is 28.3. The fraction of sp³-hybridized carbons (Fsp3) is 0.651. The second-order valence-electron chi connectivity index (χ2n) is 25.4. The van der Waals surface area contributed by atoms with E-state index in [1.165, 1.54) is 77.0 Å². The standard InChI is InChI=1S/C83H138O16P2/c1-4-7-10-13-16-19-22-25-28-31-32-33-34-35-36-37-38-39-40-41-42-43-44-47-49-51-54-57-60-63-66-69-81(86)93-72-78(84)73-95-100(89,90)96-74-79(85)75-97-101(91,92)98-77-80(99-83(88)71-68-65-62-59-56-53-50-46-30-27-24-21-18-15-12-9-6-3)76-94-82(87)70-67-64-61-58-55-52-48-45-29-26-23-20-17-14-11-8-5-2/h7-12,16-21,25-30,32-33,35-36,48,52,58,61,78-80,84-85H,4-6,13-15,22-24,31,34,37-47,49-51,53-57,59-60,62-77H2,1-3H3,(H,89,90)(H,91,92)/b10-7-,11-8-,12-9-,19-16-,20-17-,21-18-,28-25-,29-26-,30-27-,33-32-,36-35-,52-48-,61-58-. The Morgan fingerprint density at radius 2 is 0.505 bits per heavy atom. The van der Waals surface area contributed by atoms with Crippen molar-refractivity contribution in [2.24, 2.45) is 0 Å². The molecule has 0 heterocycles. The average molecular weight is 1450 g/mol. The largest absolute Gasteiger partial charge is 0.472 e. The molecule has 0 saturated heterocycles. The lowest BCUT2D eigenvalue weighted by Crippen LogP contribution is -2.30. The molecule has 0 radical (unpaired) electrons. The van der Waals surface area contributed by atoms with Crippen LogP contribution in [0.15, 0.2) is 158 Å². The summed E-state index contributed by atoms with van der Waals surface area (Å²) in [7, 11) is -9.81. The van der Waals surface area contributed by atoms with E-state index >= 15 is 0 Å². The minimum absolute atomic E-state index is 0.0766. The second kappa shape index (κ2) is 74.9. The van der Waals surface area contributed by atoms with Crippen LogP contribution in [0.2, 0.25) is 0 Å². The molecule has 0 saturated carbocycles. The fourth-order valence-electron chi connectivity index (χ4n) is 9.94. The number of ether oxygens (including phenoxy) is 3. The number of carbonyl (C=O) groups is 3. The van der Waals surface area contributed by atoms with Crippen LogP contribution in [0.5, 0.6) is 0 Å². The van der Waals surface area contributed by atoms with Crippen LogP contribution in [-0.2, 0) is 55.8 Å². The number of allylic oxidation sites excluding steroid dienone is 26. The Morgan fingerprint density at radius 1 is 0.277 bits per heavy atom. The molecule has 0 aliphatic carbocycles. The smallest absolute Gasteiger partial charge is 0.463 e. The predicted octanol–water partition coefficient (Wildman–Crippen LogP) is 22.6. The fourth-order valence-corrected chi connectivity index (χ4v) is 11.5. The minimum atomic E-state index is -4.95. The molecule has 0 bridgehead atoms. The summed E-state index contributed by atoms with van der Waals surface area (Å²) < 4.78 is 61.0. The molecule has 0 aromatic heterocycles. The number of phosphoric acid groups is 2. The van der Waals surface area contributed by atoms with Gasteiger partial charge in [0.1, 0.15) is 25.4 Å². The van der Waals surface area contributed by atoms with Gasteiger partial charge >= 0.3 is 33.6 Å². The molecule has 16 nitrogen and oxygen atoms in total. The van der Waals surface area contributed by atoms with Crippen molar-refractivity contribution >= 4 is 33.6 Å². The lowest BCUT2D eigenvalue weighted by atomic mass is 10.0. The van der Waals surface area contributed by atoms with Gasteiger partial charge in [0.15, 0.2) is 6.10 Å². The van der Waals surface area contributed by atoms with E-state index in [4.69, 9.17) is 32.3 Å². The SMILES string of the molecule is CC/C=C\C/C=C\C/C=C\C/C=C\C/C=C\CCCCCCCCCCCCCCCCCC(=O)OCC(O)COP(=O)(O)OCC(O)COP(=O)(O)OCC(COC(=O)CCC/C=C\C/C=C\C/C=C\C/C=C\C/C=C\CC)OC(=O)CCCCCCCCC/C=C\C/C=C\C/C=C\CC. The Morgan fingerprint density at radius 3 is 0.822 bits per heavy atom. The van der Waals surface area contributed by atoms with E-state index in [9.17, 15) is 43.5 Å². The Hall–Kier alpha value is -4.83. The lowest BCUT2D eigenvalue weighted by Gasteiger charge is -2.21. The Balaban J connectivity index is 4.53. The quantitative estimate of drug-likeness (QED) is 0.0146. The van der Waals surface area contributed by atoms with E-state index in [2.05, 4.69) is 167 Å². The van der Waals surface area contributed by atoms with Crippen LogP contribution in [0, 0.1) is 0 Å². The first kappa shape index (κ1) is 96.2. The van der Waals surface area contributed by atoms with E-state index in [0.717, 1.165) is 148 Å². The zero-order valence-electron chi connectivity index (χ0n) is 62.8. The van der Waals surface area contributed by atoms with Gasteiger partial charge in [0.05, 0.1) is 26.4 Å². The van der Waals surface area contributed by atoms with Crippen LogP contribution in [-0.4, -0.2) is 95.9 Å². The molecule has 4 N–H and O–H groups in total. The molecule has 0 aromatic rings. The number of carbonyl (C=O) groups excluding carboxylic acids is 3. The van der Waals surface area contributed by atoms with Crippen molar-refractivity contribution in [2.45, 2.75) is 309 Å². The third kappa shape index (κ3) is 76.1. The van der Waals surface area contributed by atoms with Gasteiger partial charge in [-0.2, -0.15) is 0 Å². The third-order valence-corrected chi connectivity index (χ3v) is 17.6. The zero-order chi connectivity index (χ0) is 73.7. The van der Waals surface area contributed by atoms with Crippen molar-refractivity contribution < 1.29 is 75.8 Å². The molecular formula is C83H138O16P2. The van der Waals surface area contributed by atoms with Gasteiger partial charge in [-0.1, -0.05) is 294 Å². The summed E-state index contributed by atoms with van der Waals surface area (Å²) in [6, 6.07) is 0. The van der Waals surface area contributed by atoms with E-state index in [1.807, 2.05) is 12.2 Å². The Labute approximate surface area is 612 Å². The molecule has 5 unspecified atom stereocenters. The number of rotatable bonds is 72. The summed E-state index contributed by atoms with van der Waals surface area (Å²) in [5.74, 6) is -1.66. The van der Waals surface area contributed by atoms with Crippen molar-refractivity contribution in [1.29, 1.82) is 0 Å². The van der Waals surface area contributed by atoms with Crippen LogP contribution in [0.25, 0.3) is 0 Å². The molecular weight excluding hydrogens is 1310 g/mol. The molecule has 0 aliphatic heterocycles. The van der Waals surface area contributed by atoms with Gasteiger partial charge in [0, 0.05) is 19.3 Å². The highest BCUT2D eigenvalue weighted by atomic mass is 31.2. The van der Waals surface area contributed by atoms with Crippen molar-refractivity contribution in [1.82, 2.24) is 0 Å². The monoisotopic (exact) mass is 1450 g/mol. The first-order valence-electron chi connectivity index (χ1n) is 38.8. The summed E-state index contributed by atoms with van der Waals surface area (Å²) in [5.41, 5.74) is 0. The maximum Gasteiger partial charge on any atom is 0.472 e. The summed E-state index contributed by atoms with van der Waals surface area (Å²) in [6.07, 6.45) is 93.1. The topological polar surface area (TPSA) is 231 Å². The summed E-state index contributed by atoms with van der Waals surface area (Å²) in [5, 5.41) is 20.6. The van der Waals surface area contributed by atoms with Gasteiger partial charge < -0.3 is 34.2 Å². The molecule has 5 atom stereocenters. The summed E-state index contributed by atoms with van der Waals surface area (Å²) >= 11 is 0. The minimum Gasteiger partial charge on any atom is -0.463 e. The van der Waals surface area contributed by atoms with Gasteiger partial charge in [-0.25, -0.2) is 9.13 Å². The van der Waals surface area contributed by atoms with Crippen LogP contribution >= 0.6 is 15.6 Å². The number of aliphatic hydroxyl groups excluding tert-OH is 2. The molecule has 0 spiro atoms. The highest BCUT2D eigenvalue weighted by molar-refractivity contribution is 7.47. The van der Waals surface area contributed by atoms with Crippen LogP contribution < -0.4 is 0 Å². The summed E-state index contributed by atoms with van der Waals surface area (Å²) in [6.45, 7) is 2.26. The zero-order valence-corrected chi connectivity index (χ0v) is 64.6. The van der Waals surface area contributed by atoms with Crippen LogP contribution in [0.1, 0.15) is 290 Å². The summed E-state index contributed by atoms with van der Waals surface area (Å²) in [4.78, 5) is 58.6. The van der Waals surface area contributed by atoms with Gasteiger partial charge in [-0.3, -0.25) is 32.5 Å². The first-order valence-corrected chi connectivity index (χ1v) is 41.8. The average Bonchev–Trinajstić information content (AvgIpc) is 1.15. The molecule has 576 valence electrons. The molecule has 0 aromatic carbocycles. The highest BCUT2D eigenvalue weighted by Gasteiger charge is 2.29. The van der Waals surface area contributed by atoms with Crippen molar-refractivity contribution in [3.63, 3.8) is 0 Å². The van der Waals surface area contributed by atoms with Crippen molar-refractivity contribution in [3.8, 4) is 0 Å². The van der Waals surface area contributed by atoms with Gasteiger partial charge in [-0.15, -0.1) is 0 Å². The number of hydrogen-bond acceptors (Lipinski definition) is 14. The normalized spacial score (nSPS) is 14.9. The number of phosphoric ester groups is 2. The third-order valence-electron chi connectivity index (χ3n) is 15.7. The number of unbranched alkanes of at least 4 members (excludes halogenated alkanes) is 23. The van der Waals surface area contributed by atoms with Gasteiger partial charge in [-0.05, 0) is 135 Å². The molecule has 18 heteroatoms. The molecule has 0 fully saturated rings. The molecule has 0 rings (SSSR count). The number of hydrogen-bond donors (Lipinski definition) is 4. The van der Waals surface area contributed by atoms with E-state index in [-0.39, 0.29) is 19.3 Å². The van der Waals surface area contributed by atoms with E-state index < -0.39 is 91.5 Å². The van der Waals surface area contributed by atoms with Crippen molar-refractivity contribution in [2.75, 3.05) is 39.6 Å². The number of aliphatic hydroxyl groups is 2. The molecule has 0 amide bonds. The lowest BCUT2D eigenvalue weighted by molar-refractivity contribution is -0.161. The van der Waals surface area contributed by atoms with Crippen LogP contribution in [0.3, 0.4) is 0 Å². The first-order chi connectivity index (χ1) is 49.2. The van der Waals surface area contributed by atoms with E-state index in [1.54, 1.807) is 0 Å². The Bertz CT molecular complexity index is 2470. The van der Waals surface area contributed by atoms with Gasteiger partial charge in [0.25, 0.3) is 0 Å². The number of esters is 3. The Kier molecular flexibility index (Phi) is 71.3. The maximum absolute atomic E-state index is 13.0. The van der Waals surface area contributed by atoms with E-state index in [0.29, 0.717) is 25.7 Å². The van der Waals surface area contributed by atoms with Crippen LogP contribution in [0.4, 0.5) is 0 Å². The molecule has 0 aliphatic rings. The predicted molar refractivity (Wildman–Crippen MR) is 417 cm³/mol. The highest BCUT2D eigenvalue weighted by Crippen LogP contribution is 2.45.